The zero-order valence-corrected chi connectivity index (χ0v) is 11.7. The molecule has 0 aromatic rings. The summed E-state index contributed by atoms with van der Waals surface area (Å²) in [5.74, 6) is 0. The maximum Gasteiger partial charge on any atom is 0.0499 e. The summed E-state index contributed by atoms with van der Waals surface area (Å²) < 4.78 is 0. The van der Waals surface area contributed by atoms with E-state index in [9.17, 15) is 5.11 Å². The lowest BCUT2D eigenvalue weighted by Crippen LogP contribution is -2.40. The first-order valence-corrected chi connectivity index (χ1v) is 6.98. The van der Waals surface area contributed by atoms with Gasteiger partial charge in [-0.3, -0.25) is 0 Å². The third-order valence-corrected chi connectivity index (χ3v) is 3.90. The normalized spacial score (nSPS) is 14.1. The molecule has 1 atom stereocenters. The number of hydrogen-bond acceptors (Lipinski definition) is 2. The molecule has 0 radical (unpaired) electrons. The second-order valence-electron chi connectivity index (χ2n) is 5.14. The quantitative estimate of drug-likeness (QED) is 0.563. The fourth-order valence-corrected chi connectivity index (χ4v) is 1.97. The number of rotatable bonds is 10. The summed E-state index contributed by atoms with van der Waals surface area (Å²) in [7, 11) is 0. The van der Waals surface area contributed by atoms with Crippen molar-refractivity contribution in [2.24, 2.45) is 5.41 Å². The molecule has 1 unspecified atom stereocenters. The highest BCUT2D eigenvalue weighted by molar-refractivity contribution is 4.79. The van der Waals surface area contributed by atoms with Crippen molar-refractivity contribution in [2.75, 3.05) is 13.2 Å². The van der Waals surface area contributed by atoms with Gasteiger partial charge in [-0.25, -0.2) is 0 Å². The van der Waals surface area contributed by atoms with Gasteiger partial charge in [0.1, 0.15) is 0 Å². The molecule has 0 saturated carbocycles. The Morgan fingerprint density at radius 1 is 1.12 bits per heavy atom. The standard InChI is InChI=1S/C14H31NO/c1-5-8-9-10-13(4)15-11-14(6-2,7-3)12-16/h13,15-16H,5-12H2,1-4H3. The number of nitrogens with one attached hydrogen (secondary N) is 1. The van der Waals surface area contributed by atoms with Gasteiger partial charge < -0.3 is 10.4 Å². The van der Waals surface area contributed by atoms with Crippen LogP contribution in [0.2, 0.25) is 0 Å². The Labute approximate surface area is 102 Å². The summed E-state index contributed by atoms with van der Waals surface area (Å²) in [5, 5.41) is 13.0. The number of unbranched alkanes of at least 4 members (excludes halogenated alkanes) is 2. The Hall–Kier alpha value is -0.0800. The van der Waals surface area contributed by atoms with Crippen LogP contribution < -0.4 is 5.32 Å². The smallest absolute Gasteiger partial charge is 0.0499 e. The van der Waals surface area contributed by atoms with E-state index in [1.54, 1.807) is 0 Å². The molecule has 0 fully saturated rings. The van der Waals surface area contributed by atoms with Crippen molar-refractivity contribution in [3.05, 3.63) is 0 Å². The Kier molecular flexibility index (Phi) is 8.96. The molecule has 0 aromatic heterocycles. The van der Waals surface area contributed by atoms with Crippen molar-refractivity contribution in [3.63, 3.8) is 0 Å². The maximum atomic E-state index is 9.46. The van der Waals surface area contributed by atoms with Crippen molar-refractivity contribution < 1.29 is 5.11 Å². The third-order valence-electron chi connectivity index (χ3n) is 3.90. The van der Waals surface area contributed by atoms with E-state index in [1.807, 2.05) is 0 Å². The molecule has 0 saturated heterocycles. The largest absolute Gasteiger partial charge is 0.396 e. The van der Waals surface area contributed by atoms with Crippen LogP contribution in [0, 0.1) is 5.41 Å². The summed E-state index contributed by atoms with van der Waals surface area (Å²) in [6, 6.07) is 0.579. The van der Waals surface area contributed by atoms with Crippen LogP contribution in [0.4, 0.5) is 0 Å². The third kappa shape index (κ3) is 5.86. The Bertz CT molecular complexity index is 147. The van der Waals surface area contributed by atoms with E-state index in [4.69, 9.17) is 0 Å². The average Bonchev–Trinajstić information content (AvgIpc) is 2.32. The van der Waals surface area contributed by atoms with Crippen molar-refractivity contribution in [1.82, 2.24) is 5.32 Å². The van der Waals surface area contributed by atoms with E-state index in [1.165, 1.54) is 25.7 Å². The lowest BCUT2D eigenvalue weighted by atomic mass is 9.83. The van der Waals surface area contributed by atoms with Gasteiger partial charge in [-0.1, -0.05) is 40.0 Å². The zero-order chi connectivity index (χ0) is 12.4. The Balaban J connectivity index is 3.82. The molecule has 0 aliphatic rings. The second-order valence-corrected chi connectivity index (χ2v) is 5.14. The summed E-state index contributed by atoms with van der Waals surface area (Å²) in [6.07, 6.45) is 7.29. The van der Waals surface area contributed by atoms with E-state index in [2.05, 4.69) is 33.0 Å². The van der Waals surface area contributed by atoms with Gasteiger partial charge in [0.25, 0.3) is 0 Å². The first-order valence-electron chi connectivity index (χ1n) is 6.98. The fraction of sp³-hybridized carbons (Fsp3) is 1.00. The number of aliphatic hydroxyl groups excluding tert-OH is 1. The highest BCUT2D eigenvalue weighted by Crippen LogP contribution is 2.24. The molecule has 0 aliphatic carbocycles. The molecule has 2 N–H and O–H groups in total. The van der Waals surface area contributed by atoms with Crippen molar-refractivity contribution in [1.29, 1.82) is 0 Å². The van der Waals surface area contributed by atoms with Crippen LogP contribution in [-0.4, -0.2) is 24.3 Å². The molecule has 0 rings (SSSR count). The van der Waals surface area contributed by atoms with Gasteiger partial charge in [0.05, 0.1) is 0 Å². The predicted molar refractivity (Wildman–Crippen MR) is 71.7 cm³/mol. The topological polar surface area (TPSA) is 32.3 Å². The molecule has 2 nitrogen and oxygen atoms in total. The van der Waals surface area contributed by atoms with E-state index in [0.717, 1.165) is 19.4 Å². The monoisotopic (exact) mass is 229 g/mol. The number of hydrogen-bond donors (Lipinski definition) is 2. The van der Waals surface area contributed by atoms with E-state index < -0.39 is 0 Å². The first-order chi connectivity index (χ1) is 7.64. The fourth-order valence-electron chi connectivity index (χ4n) is 1.97. The molecule has 0 amide bonds. The van der Waals surface area contributed by atoms with Gasteiger partial charge in [0.2, 0.25) is 0 Å². The van der Waals surface area contributed by atoms with Crippen LogP contribution >= 0.6 is 0 Å². The molecule has 0 aliphatic heterocycles. The van der Waals surface area contributed by atoms with Gasteiger partial charge in [0.15, 0.2) is 0 Å². The summed E-state index contributed by atoms with van der Waals surface area (Å²) in [5.41, 5.74) is 0.0962. The van der Waals surface area contributed by atoms with Gasteiger partial charge in [0, 0.05) is 24.6 Å². The molecule has 0 aromatic carbocycles. The highest BCUT2D eigenvalue weighted by Gasteiger charge is 2.25. The minimum Gasteiger partial charge on any atom is -0.396 e. The predicted octanol–water partition coefficient (Wildman–Crippen LogP) is 3.34. The lowest BCUT2D eigenvalue weighted by Gasteiger charge is -2.31. The van der Waals surface area contributed by atoms with Crippen LogP contribution in [0.25, 0.3) is 0 Å². The van der Waals surface area contributed by atoms with Crippen LogP contribution in [0.1, 0.15) is 66.2 Å². The molecule has 16 heavy (non-hydrogen) atoms. The summed E-state index contributed by atoms with van der Waals surface area (Å²) >= 11 is 0. The summed E-state index contributed by atoms with van der Waals surface area (Å²) in [6.45, 7) is 10.1. The van der Waals surface area contributed by atoms with Crippen LogP contribution in [-0.2, 0) is 0 Å². The van der Waals surface area contributed by atoms with Crippen molar-refractivity contribution in [2.45, 2.75) is 72.3 Å². The lowest BCUT2D eigenvalue weighted by molar-refractivity contribution is 0.110. The Morgan fingerprint density at radius 2 is 1.75 bits per heavy atom. The van der Waals surface area contributed by atoms with E-state index >= 15 is 0 Å². The molecule has 0 spiro atoms. The van der Waals surface area contributed by atoms with E-state index in [-0.39, 0.29) is 5.41 Å². The van der Waals surface area contributed by atoms with Crippen molar-refractivity contribution in [3.8, 4) is 0 Å². The van der Waals surface area contributed by atoms with Crippen LogP contribution in [0.5, 0.6) is 0 Å². The molecule has 2 heteroatoms. The minimum atomic E-state index is 0.0962. The minimum absolute atomic E-state index is 0.0962. The van der Waals surface area contributed by atoms with Crippen LogP contribution in [0.15, 0.2) is 0 Å². The van der Waals surface area contributed by atoms with Crippen LogP contribution in [0.3, 0.4) is 0 Å². The second kappa shape index (κ2) is 9.00. The van der Waals surface area contributed by atoms with Gasteiger partial charge in [-0.05, 0) is 26.2 Å². The highest BCUT2D eigenvalue weighted by atomic mass is 16.3. The average molecular weight is 229 g/mol. The van der Waals surface area contributed by atoms with E-state index in [0.29, 0.717) is 12.6 Å². The molecule has 0 heterocycles. The maximum absolute atomic E-state index is 9.46. The Morgan fingerprint density at radius 3 is 2.19 bits per heavy atom. The summed E-state index contributed by atoms with van der Waals surface area (Å²) in [4.78, 5) is 0. The first kappa shape index (κ1) is 15.9. The van der Waals surface area contributed by atoms with Gasteiger partial charge >= 0.3 is 0 Å². The van der Waals surface area contributed by atoms with Crippen molar-refractivity contribution >= 4 is 0 Å². The molecular formula is C14H31NO. The zero-order valence-electron chi connectivity index (χ0n) is 11.7. The SMILES string of the molecule is CCCCCC(C)NCC(CC)(CC)CO. The van der Waals surface area contributed by atoms with Gasteiger partial charge in [-0.15, -0.1) is 0 Å². The van der Waals surface area contributed by atoms with Gasteiger partial charge in [-0.2, -0.15) is 0 Å². The molecule has 98 valence electrons. The number of aliphatic hydroxyl groups is 1. The molecule has 0 bridgehead atoms. The molecular weight excluding hydrogens is 198 g/mol.